The molecule has 13 rings (SSSR count). The van der Waals surface area contributed by atoms with Gasteiger partial charge in [0.15, 0.2) is 0 Å². The second kappa shape index (κ2) is 15.0. The van der Waals surface area contributed by atoms with Crippen molar-refractivity contribution in [1.82, 2.24) is 4.57 Å². The second-order valence-electron chi connectivity index (χ2n) is 16.8. The number of hydrogen-bond acceptors (Lipinski definition) is 2. The summed E-state index contributed by atoms with van der Waals surface area (Å²) in [5.41, 5.74) is 15.3. The van der Waals surface area contributed by atoms with Crippen molar-refractivity contribution in [2.75, 3.05) is 4.90 Å². The van der Waals surface area contributed by atoms with Crippen LogP contribution in [0.2, 0.25) is 0 Å². The minimum Gasteiger partial charge on any atom is -0.455 e. The highest BCUT2D eigenvalue weighted by Gasteiger charge is 2.22. The van der Waals surface area contributed by atoms with E-state index in [4.69, 9.17) is 4.42 Å². The Morgan fingerprint density at radius 2 is 0.877 bits per heavy atom. The number of anilines is 3. The number of para-hydroxylation sites is 6. The fraction of sp³-hybridized carbons (Fsp3) is 0. The standard InChI is InChI=1S/C62H40N2O/c1-2-17-46-41(16-1)32-33-43-40-45(38-39-48(43)46)63(57-27-10-8-23-53(57)55-25-15-26-56-54-24-9-14-31-61(54)65-62(55)56)44-36-34-42(35-37-44)47-18-3-4-19-49(47)50-20-5-11-28-58(50)64-59-29-12-6-21-51(59)52-22-7-13-30-60(52)64/h1-40H. The molecule has 0 N–H and O–H groups in total. The van der Waals surface area contributed by atoms with E-state index in [0.717, 1.165) is 61.4 Å². The largest absolute Gasteiger partial charge is 0.455 e. The van der Waals surface area contributed by atoms with Gasteiger partial charge in [0.25, 0.3) is 0 Å². The van der Waals surface area contributed by atoms with Crippen LogP contribution in [-0.4, -0.2) is 4.57 Å². The van der Waals surface area contributed by atoms with Crippen LogP contribution in [0.5, 0.6) is 0 Å². The molecule has 0 saturated carbocycles. The first-order valence-electron chi connectivity index (χ1n) is 22.3. The topological polar surface area (TPSA) is 21.3 Å². The molecule has 0 fully saturated rings. The first kappa shape index (κ1) is 36.9. The number of hydrogen-bond donors (Lipinski definition) is 0. The second-order valence-corrected chi connectivity index (χ2v) is 16.8. The molecule has 3 heteroatoms. The maximum atomic E-state index is 6.65. The molecule has 0 spiro atoms. The molecule has 0 saturated heterocycles. The summed E-state index contributed by atoms with van der Waals surface area (Å²) in [5, 5.41) is 9.65. The summed E-state index contributed by atoms with van der Waals surface area (Å²) in [6, 6.07) is 87.7. The predicted octanol–water partition coefficient (Wildman–Crippen LogP) is 17.5. The number of furan rings is 1. The fourth-order valence-corrected chi connectivity index (χ4v) is 10.3. The Balaban J connectivity index is 0.974. The Hall–Kier alpha value is -8.66. The van der Waals surface area contributed by atoms with Crippen LogP contribution < -0.4 is 4.90 Å². The summed E-state index contributed by atoms with van der Waals surface area (Å²) in [7, 11) is 0. The van der Waals surface area contributed by atoms with Gasteiger partial charge in [-0.1, -0.05) is 188 Å². The third-order valence-electron chi connectivity index (χ3n) is 13.2. The van der Waals surface area contributed by atoms with E-state index >= 15 is 0 Å². The number of benzene rings is 11. The van der Waals surface area contributed by atoms with Crippen molar-refractivity contribution in [2.24, 2.45) is 0 Å². The minimum absolute atomic E-state index is 0.888. The van der Waals surface area contributed by atoms with Gasteiger partial charge in [-0.25, -0.2) is 0 Å². The van der Waals surface area contributed by atoms with Gasteiger partial charge in [-0.3, -0.25) is 0 Å². The Morgan fingerprint density at radius 3 is 1.68 bits per heavy atom. The molecule has 3 nitrogen and oxygen atoms in total. The first-order chi connectivity index (χ1) is 32.3. The van der Waals surface area contributed by atoms with Gasteiger partial charge in [-0.2, -0.15) is 0 Å². The predicted molar refractivity (Wildman–Crippen MR) is 274 cm³/mol. The van der Waals surface area contributed by atoms with Crippen LogP contribution in [0.3, 0.4) is 0 Å². The van der Waals surface area contributed by atoms with Gasteiger partial charge in [-0.15, -0.1) is 0 Å². The van der Waals surface area contributed by atoms with Crippen molar-refractivity contribution in [2.45, 2.75) is 0 Å². The van der Waals surface area contributed by atoms with Crippen LogP contribution >= 0.6 is 0 Å². The molecule has 304 valence electrons. The van der Waals surface area contributed by atoms with Crippen LogP contribution in [0.1, 0.15) is 0 Å². The molecule has 0 aliphatic carbocycles. The highest BCUT2D eigenvalue weighted by atomic mass is 16.3. The molecular formula is C62H40N2O. The van der Waals surface area contributed by atoms with Crippen molar-refractivity contribution >= 4 is 82.4 Å². The van der Waals surface area contributed by atoms with Gasteiger partial charge in [0.2, 0.25) is 0 Å². The van der Waals surface area contributed by atoms with Crippen LogP contribution in [0.15, 0.2) is 247 Å². The van der Waals surface area contributed by atoms with Gasteiger partial charge < -0.3 is 13.9 Å². The summed E-state index contributed by atoms with van der Waals surface area (Å²) < 4.78 is 9.07. The van der Waals surface area contributed by atoms with Crippen LogP contribution in [0.25, 0.3) is 104 Å². The summed E-state index contributed by atoms with van der Waals surface area (Å²) >= 11 is 0. The monoisotopic (exact) mass is 828 g/mol. The number of fused-ring (bicyclic) bond motifs is 9. The fourth-order valence-electron chi connectivity index (χ4n) is 10.3. The quantitative estimate of drug-likeness (QED) is 0.149. The SMILES string of the molecule is c1ccc(-c2ccccc2-n2c3ccccc3c3ccccc32)c(-c2ccc(N(c3ccc4c(ccc5ccccc54)c3)c3ccccc3-c3cccc4c3oc3ccccc34)cc2)c1. The maximum absolute atomic E-state index is 6.65. The summed E-state index contributed by atoms with van der Waals surface area (Å²) in [6.07, 6.45) is 0. The normalized spacial score (nSPS) is 11.7. The van der Waals surface area contributed by atoms with E-state index in [0.29, 0.717) is 0 Å². The Morgan fingerprint density at radius 1 is 0.323 bits per heavy atom. The molecule has 11 aromatic carbocycles. The molecular weight excluding hydrogens is 789 g/mol. The Kier molecular flexibility index (Phi) is 8.53. The van der Waals surface area contributed by atoms with E-state index in [-0.39, 0.29) is 0 Å². The van der Waals surface area contributed by atoms with Crippen LogP contribution in [0.4, 0.5) is 17.1 Å². The van der Waals surface area contributed by atoms with Gasteiger partial charge >= 0.3 is 0 Å². The zero-order valence-electron chi connectivity index (χ0n) is 35.4. The Labute approximate surface area is 376 Å². The van der Waals surface area contributed by atoms with Gasteiger partial charge in [0, 0.05) is 49.6 Å². The molecule has 0 aliphatic heterocycles. The van der Waals surface area contributed by atoms with Gasteiger partial charge in [-0.05, 0) is 92.8 Å². The smallest absolute Gasteiger partial charge is 0.143 e. The third-order valence-corrected chi connectivity index (χ3v) is 13.2. The summed E-state index contributed by atoms with van der Waals surface area (Å²) in [5.74, 6) is 0. The molecule has 0 radical (unpaired) electrons. The third kappa shape index (κ3) is 5.97. The first-order valence-corrected chi connectivity index (χ1v) is 22.3. The van der Waals surface area contributed by atoms with Crippen molar-refractivity contribution in [1.29, 1.82) is 0 Å². The molecule has 2 aromatic heterocycles. The Bertz CT molecular complexity index is 3910. The highest BCUT2D eigenvalue weighted by molar-refractivity contribution is 6.13. The average Bonchev–Trinajstić information content (AvgIpc) is 3.93. The number of rotatable bonds is 7. The lowest BCUT2D eigenvalue weighted by Gasteiger charge is -2.28. The molecule has 65 heavy (non-hydrogen) atoms. The highest BCUT2D eigenvalue weighted by Crippen LogP contribution is 2.46. The molecule has 13 aromatic rings. The molecule has 0 amide bonds. The van der Waals surface area contributed by atoms with Crippen LogP contribution in [0, 0.1) is 0 Å². The lowest BCUT2D eigenvalue weighted by atomic mass is 9.93. The number of aromatic nitrogens is 1. The van der Waals surface area contributed by atoms with E-state index in [1.54, 1.807) is 0 Å². The van der Waals surface area contributed by atoms with E-state index in [9.17, 15) is 0 Å². The molecule has 0 aliphatic rings. The van der Waals surface area contributed by atoms with Gasteiger partial charge in [0.05, 0.1) is 22.4 Å². The van der Waals surface area contributed by atoms with E-state index in [1.807, 2.05) is 6.07 Å². The van der Waals surface area contributed by atoms with Crippen molar-refractivity contribution in [3.8, 4) is 39.1 Å². The van der Waals surface area contributed by atoms with Crippen molar-refractivity contribution in [3.63, 3.8) is 0 Å². The summed E-state index contributed by atoms with van der Waals surface area (Å²) in [6.45, 7) is 0. The van der Waals surface area contributed by atoms with Gasteiger partial charge in [0.1, 0.15) is 11.2 Å². The van der Waals surface area contributed by atoms with E-state index in [1.165, 1.54) is 60.0 Å². The summed E-state index contributed by atoms with van der Waals surface area (Å²) in [4.78, 5) is 2.40. The lowest BCUT2D eigenvalue weighted by molar-refractivity contribution is 0.670. The molecule has 0 bridgehead atoms. The molecule has 0 unspecified atom stereocenters. The van der Waals surface area contributed by atoms with E-state index < -0.39 is 0 Å². The zero-order chi connectivity index (χ0) is 42.8. The van der Waals surface area contributed by atoms with Crippen molar-refractivity contribution in [3.05, 3.63) is 243 Å². The number of nitrogens with zero attached hydrogens (tertiary/aromatic N) is 2. The van der Waals surface area contributed by atoms with Crippen molar-refractivity contribution < 1.29 is 4.42 Å². The average molecular weight is 829 g/mol. The molecule has 2 heterocycles. The zero-order valence-corrected chi connectivity index (χ0v) is 35.4. The lowest BCUT2D eigenvalue weighted by Crippen LogP contribution is -2.11. The van der Waals surface area contributed by atoms with Crippen LogP contribution in [-0.2, 0) is 0 Å². The molecule has 0 atom stereocenters. The van der Waals surface area contributed by atoms with E-state index in [2.05, 4.69) is 246 Å². The minimum atomic E-state index is 0.888. The maximum Gasteiger partial charge on any atom is 0.143 e.